The SMILES string of the molecule is CC(C)c1cccc(C(C)C)c1N=C1C(=Nc2c(C(C)C)cccc2C(C)C)c2cccc3cccc1c23.CC(C)c1cccc(C(C)C)c1N=C1C(=Nc2c(C(C)C)cccc2C(C)C)c2cccc3cccc1c23.[Ni+2].[Ni+2].[O-2].[O-2]. The van der Waals surface area contributed by atoms with E-state index in [9.17, 15) is 0 Å². The van der Waals surface area contributed by atoms with Gasteiger partial charge in [-0.1, -0.05) is 256 Å². The normalized spacial score (nSPS) is 14.6. The molecule has 0 spiro atoms. The van der Waals surface area contributed by atoms with Gasteiger partial charge in [0.25, 0.3) is 0 Å². The maximum absolute atomic E-state index is 5.55. The molecule has 80 heavy (non-hydrogen) atoms. The molecule has 0 unspecified atom stereocenters. The van der Waals surface area contributed by atoms with E-state index in [1.54, 1.807) is 0 Å². The zero-order chi connectivity index (χ0) is 54.3. The summed E-state index contributed by atoms with van der Waals surface area (Å²) in [5.41, 5.74) is 23.4. The second-order valence-electron chi connectivity index (χ2n) is 23.6. The molecule has 6 nitrogen and oxygen atoms in total. The molecule has 2 aliphatic rings. The number of benzene rings is 8. The molecular formula is C72H80N4Ni2O2. The molecule has 0 heterocycles. The Morgan fingerprint density at radius 1 is 0.225 bits per heavy atom. The quantitative estimate of drug-likeness (QED) is 0.109. The van der Waals surface area contributed by atoms with Gasteiger partial charge >= 0.3 is 33.0 Å². The average molecular weight is 1150 g/mol. The Kier molecular flexibility index (Phi) is 21.9. The first-order chi connectivity index (χ1) is 36.4. The van der Waals surface area contributed by atoms with E-state index >= 15 is 0 Å². The van der Waals surface area contributed by atoms with Crippen LogP contribution in [0.1, 0.15) is 225 Å². The zero-order valence-electron chi connectivity index (χ0n) is 49.7. The Morgan fingerprint density at radius 3 is 0.525 bits per heavy atom. The zero-order valence-corrected chi connectivity index (χ0v) is 51.7. The molecule has 0 saturated carbocycles. The van der Waals surface area contributed by atoms with Crippen LogP contribution in [0.25, 0.3) is 21.5 Å². The molecule has 8 aromatic carbocycles. The second kappa shape index (κ2) is 27.1. The third-order valence-corrected chi connectivity index (χ3v) is 15.5. The van der Waals surface area contributed by atoms with E-state index in [-0.39, 0.29) is 43.9 Å². The molecule has 0 N–H and O–H groups in total. The maximum atomic E-state index is 5.55. The minimum absolute atomic E-state index is 0. The van der Waals surface area contributed by atoms with E-state index in [0.717, 1.165) is 45.6 Å². The topological polar surface area (TPSA) is 106 Å². The van der Waals surface area contributed by atoms with Crippen LogP contribution in [0.4, 0.5) is 22.7 Å². The number of rotatable bonds is 12. The third-order valence-electron chi connectivity index (χ3n) is 15.5. The number of hydrogen-bond donors (Lipinski definition) is 0. The molecule has 0 aliphatic heterocycles. The van der Waals surface area contributed by atoms with Crippen molar-refractivity contribution in [3.8, 4) is 0 Å². The fraction of sp³-hybridized carbons (Fsp3) is 0.333. The molecule has 0 fully saturated rings. The first-order valence-electron chi connectivity index (χ1n) is 28.3. The Bertz CT molecular complexity index is 3060. The minimum Gasteiger partial charge on any atom is -2.00 e. The fourth-order valence-electron chi connectivity index (χ4n) is 11.4. The van der Waals surface area contributed by atoms with Crippen LogP contribution in [-0.2, 0) is 43.9 Å². The molecule has 10 rings (SSSR count). The Hall–Kier alpha value is -6.13. The molecule has 420 valence electrons. The van der Waals surface area contributed by atoms with Crippen molar-refractivity contribution >= 4 is 67.1 Å². The molecule has 0 bridgehead atoms. The molecule has 2 aliphatic carbocycles. The van der Waals surface area contributed by atoms with Gasteiger partial charge in [0, 0.05) is 33.0 Å². The van der Waals surface area contributed by atoms with Gasteiger partial charge in [0.15, 0.2) is 0 Å². The predicted octanol–water partition coefficient (Wildman–Crippen LogP) is 20.9. The first-order valence-corrected chi connectivity index (χ1v) is 28.3. The fourth-order valence-corrected chi connectivity index (χ4v) is 11.4. The van der Waals surface area contributed by atoms with E-state index in [1.165, 1.54) is 88.3 Å². The van der Waals surface area contributed by atoms with Crippen LogP contribution in [-0.4, -0.2) is 22.8 Å². The van der Waals surface area contributed by atoms with Gasteiger partial charge in [-0.15, -0.1) is 0 Å². The van der Waals surface area contributed by atoms with Crippen molar-refractivity contribution in [3.05, 3.63) is 212 Å². The summed E-state index contributed by atoms with van der Waals surface area (Å²) in [5, 5.41) is 4.99. The Morgan fingerprint density at radius 2 is 0.375 bits per heavy atom. The maximum Gasteiger partial charge on any atom is 2.00 e. The number of hydrogen-bond acceptors (Lipinski definition) is 4. The number of nitrogens with zero attached hydrogens (tertiary/aromatic N) is 4. The molecule has 8 aromatic rings. The largest absolute Gasteiger partial charge is 2.00 e. The molecule has 0 atom stereocenters. The van der Waals surface area contributed by atoms with Gasteiger partial charge in [0.2, 0.25) is 0 Å². The molecule has 0 aromatic heterocycles. The molecule has 0 radical (unpaired) electrons. The van der Waals surface area contributed by atoms with Gasteiger partial charge in [-0.25, -0.2) is 20.0 Å². The van der Waals surface area contributed by atoms with Crippen molar-refractivity contribution in [1.82, 2.24) is 0 Å². The summed E-state index contributed by atoms with van der Waals surface area (Å²) in [6, 6.07) is 52.9. The van der Waals surface area contributed by atoms with Crippen LogP contribution in [0.5, 0.6) is 0 Å². The van der Waals surface area contributed by atoms with Gasteiger partial charge in [-0.3, -0.25) is 0 Å². The average Bonchev–Trinajstić information content (AvgIpc) is 3.85. The van der Waals surface area contributed by atoms with Gasteiger partial charge in [0.05, 0.1) is 45.6 Å². The van der Waals surface area contributed by atoms with Crippen LogP contribution < -0.4 is 0 Å². The van der Waals surface area contributed by atoms with Crippen molar-refractivity contribution in [2.75, 3.05) is 0 Å². The summed E-state index contributed by atoms with van der Waals surface area (Å²) < 4.78 is 0. The van der Waals surface area contributed by atoms with Gasteiger partial charge in [0.1, 0.15) is 0 Å². The second-order valence-corrected chi connectivity index (χ2v) is 23.6. The number of aliphatic imine (C=N–C) groups is 4. The van der Waals surface area contributed by atoms with Crippen LogP contribution in [0.15, 0.2) is 166 Å². The van der Waals surface area contributed by atoms with Crippen molar-refractivity contribution in [2.24, 2.45) is 20.0 Å². The Balaban J connectivity index is 0.000000280. The van der Waals surface area contributed by atoms with Crippen molar-refractivity contribution < 1.29 is 43.9 Å². The number of para-hydroxylation sites is 4. The first kappa shape index (κ1) is 64.7. The summed E-state index contributed by atoms with van der Waals surface area (Å²) in [4.78, 5) is 22.2. The van der Waals surface area contributed by atoms with Crippen LogP contribution in [0.2, 0.25) is 0 Å². The van der Waals surface area contributed by atoms with E-state index < -0.39 is 0 Å². The molecule has 0 amide bonds. The summed E-state index contributed by atoms with van der Waals surface area (Å²) in [5.74, 6) is 3.02. The molecular weight excluding hydrogens is 1070 g/mol. The van der Waals surface area contributed by atoms with Crippen LogP contribution in [0, 0.1) is 0 Å². The van der Waals surface area contributed by atoms with Crippen LogP contribution >= 0.6 is 0 Å². The minimum atomic E-state index is 0. The Labute approximate surface area is 498 Å². The smallest absolute Gasteiger partial charge is 2.00 e. The van der Waals surface area contributed by atoms with E-state index in [2.05, 4.69) is 256 Å². The van der Waals surface area contributed by atoms with E-state index in [4.69, 9.17) is 20.0 Å². The van der Waals surface area contributed by atoms with E-state index in [1.807, 2.05) is 0 Å². The van der Waals surface area contributed by atoms with Gasteiger partial charge < -0.3 is 11.0 Å². The molecule has 8 heteroatoms. The van der Waals surface area contributed by atoms with Crippen LogP contribution in [0.3, 0.4) is 0 Å². The molecule has 0 saturated heterocycles. The van der Waals surface area contributed by atoms with Crippen molar-refractivity contribution in [2.45, 2.75) is 158 Å². The standard InChI is InChI=1S/2C36H40N2.2Ni.2O/c2*1-21(2)26-15-11-16-27(22(3)4)33(26)37-35-30-19-9-13-25-14-10-20-31(32(25)30)36(35)38-34-28(23(5)6)17-12-18-29(34)24(7)8;;;;/h2*9-24H,1-8H3;;;;/q;;2*+2;2*-2. The third kappa shape index (κ3) is 12.5. The summed E-state index contributed by atoms with van der Waals surface area (Å²) in [6.45, 7) is 36.2. The van der Waals surface area contributed by atoms with Gasteiger partial charge in [-0.05, 0) is 103 Å². The summed E-state index contributed by atoms with van der Waals surface area (Å²) in [7, 11) is 0. The van der Waals surface area contributed by atoms with E-state index in [0.29, 0.717) is 47.3 Å². The summed E-state index contributed by atoms with van der Waals surface area (Å²) >= 11 is 0. The predicted molar refractivity (Wildman–Crippen MR) is 333 cm³/mol. The van der Waals surface area contributed by atoms with Crippen molar-refractivity contribution in [1.29, 1.82) is 0 Å². The summed E-state index contributed by atoms with van der Waals surface area (Å²) in [6.07, 6.45) is 0. The van der Waals surface area contributed by atoms with Crippen molar-refractivity contribution in [3.63, 3.8) is 0 Å². The monoisotopic (exact) mass is 1150 g/mol. The van der Waals surface area contributed by atoms with Gasteiger partial charge in [-0.2, -0.15) is 0 Å².